The fourth-order valence-electron chi connectivity index (χ4n) is 8.72. The first kappa shape index (κ1) is 23.6. The highest BCUT2D eigenvalue weighted by atomic mass is 16.5. The van der Waals surface area contributed by atoms with Crippen molar-refractivity contribution < 1.29 is 24.2 Å². The summed E-state index contributed by atoms with van der Waals surface area (Å²) in [6.45, 7) is 8.68. The SMILES string of the molecule is CC(=O)OC[C@@]1(C)CCC[C@]2(C)[C@@H]1CC[C@@]13[C@H](O)[C@@H](C=C[C@@H]21)[C@H](C)[C@@H]3OC(=O)c1ccccc1. The number of benzene rings is 1. The van der Waals surface area contributed by atoms with Gasteiger partial charge in [0, 0.05) is 29.6 Å². The van der Waals surface area contributed by atoms with Crippen LogP contribution < -0.4 is 0 Å². The Bertz CT molecular complexity index is 987. The van der Waals surface area contributed by atoms with Crippen molar-refractivity contribution in [2.24, 2.45) is 39.9 Å². The third-order valence-corrected chi connectivity index (χ3v) is 10.2. The zero-order chi connectivity index (χ0) is 24.3. The molecule has 3 saturated carbocycles. The van der Waals surface area contributed by atoms with Gasteiger partial charge in [0.1, 0.15) is 6.10 Å². The van der Waals surface area contributed by atoms with Gasteiger partial charge in [-0.25, -0.2) is 4.79 Å². The number of carbonyl (C=O) groups excluding carboxylic acids is 2. The number of rotatable bonds is 4. The van der Waals surface area contributed by atoms with E-state index in [1.807, 2.05) is 18.2 Å². The van der Waals surface area contributed by atoms with Gasteiger partial charge in [0.2, 0.25) is 0 Å². The summed E-state index contributed by atoms with van der Waals surface area (Å²) in [6.07, 6.45) is 8.60. The highest BCUT2D eigenvalue weighted by Crippen LogP contribution is 2.71. The Balaban J connectivity index is 1.50. The van der Waals surface area contributed by atoms with Crippen LogP contribution in [-0.4, -0.2) is 35.9 Å². The van der Waals surface area contributed by atoms with Gasteiger partial charge in [-0.1, -0.05) is 57.5 Å². The van der Waals surface area contributed by atoms with Crippen LogP contribution in [0.1, 0.15) is 70.2 Å². The minimum atomic E-state index is -0.523. The zero-order valence-corrected chi connectivity index (χ0v) is 20.8. The lowest BCUT2D eigenvalue weighted by Crippen LogP contribution is -2.62. The molecule has 1 spiro atoms. The predicted molar refractivity (Wildman–Crippen MR) is 129 cm³/mol. The van der Waals surface area contributed by atoms with E-state index in [0.717, 1.165) is 32.1 Å². The van der Waals surface area contributed by atoms with Gasteiger partial charge in [0.15, 0.2) is 0 Å². The minimum absolute atomic E-state index is 0.000920. The van der Waals surface area contributed by atoms with Gasteiger partial charge in [-0.2, -0.15) is 0 Å². The molecule has 0 aromatic heterocycles. The molecule has 1 aromatic carbocycles. The number of fused-ring (bicyclic) bond motifs is 3. The Labute approximate surface area is 202 Å². The second-order valence-corrected chi connectivity index (χ2v) is 11.9. The van der Waals surface area contributed by atoms with Crippen LogP contribution in [0.25, 0.3) is 0 Å². The third-order valence-electron chi connectivity index (χ3n) is 10.2. The molecule has 0 saturated heterocycles. The first-order chi connectivity index (χ1) is 16.1. The van der Waals surface area contributed by atoms with Crippen LogP contribution in [0.2, 0.25) is 0 Å². The van der Waals surface area contributed by atoms with Crippen LogP contribution in [0.4, 0.5) is 0 Å². The van der Waals surface area contributed by atoms with Gasteiger partial charge in [-0.3, -0.25) is 4.79 Å². The highest BCUT2D eigenvalue weighted by Gasteiger charge is 2.71. The predicted octanol–water partition coefficient (Wildman–Crippen LogP) is 5.18. The molecule has 0 heterocycles. The summed E-state index contributed by atoms with van der Waals surface area (Å²) in [5.74, 6) is 0.00937. The number of aliphatic hydroxyl groups excluding tert-OH is 1. The summed E-state index contributed by atoms with van der Waals surface area (Å²) in [7, 11) is 0. The van der Waals surface area contributed by atoms with Crippen molar-refractivity contribution >= 4 is 11.9 Å². The summed E-state index contributed by atoms with van der Waals surface area (Å²) >= 11 is 0. The van der Waals surface area contributed by atoms with E-state index in [1.165, 1.54) is 6.92 Å². The molecule has 2 bridgehead atoms. The van der Waals surface area contributed by atoms with Crippen LogP contribution >= 0.6 is 0 Å². The van der Waals surface area contributed by atoms with Crippen LogP contribution in [0.5, 0.6) is 0 Å². The van der Waals surface area contributed by atoms with E-state index in [0.29, 0.717) is 18.1 Å². The van der Waals surface area contributed by atoms with Crippen molar-refractivity contribution in [3.63, 3.8) is 0 Å². The molecule has 184 valence electrons. The lowest BCUT2D eigenvalue weighted by Gasteiger charge is -2.64. The van der Waals surface area contributed by atoms with E-state index >= 15 is 0 Å². The number of hydrogen-bond acceptors (Lipinski definition) is 5. The molecular weight excluding hydrogens is 428 g/mol. The largest absolute Gasteiger partial charge is 0.465 e. The molecule has 0 aliphatic heterocycles. The Kier molecular flexibility index (Phi) is 5.70. The standard InChI is InChI=1S/C29H38O5/c1-18-21-11-12-23-28(4)15-8-14-27(3,17-33-19(2)30)22(28)13-16-29(23,24(21)31)25(18)34-26(32)20-9-6-5-7-10-20/h5-7,9-12,18,21-25,31H,8,13-17H2,1-4H3/t18-,21-,22+,23-,24+,25-,27+,28+,29-/m0/s1. The average molecular weight is 467 g/mol. The molecule has 5 heteroatoms. The van der Waals surface area contributed by atoms with Gasteiger partial charge >= 0.3 is 11.9 Å². The van der Waals surface area contributed by atoms with E-state index < -0.39 is 11.5 Å². The number of ether oxygens (including phenoxy) is 2. The van der Waals surface area contributed by atoms with E-state index in [4.69, 9.17) is 9.47 Å². The molecule has 1 aromatic rings. The lowest BCUT2D eigenvalue weighted by molar-refractivity contribution is -0.193. The van der Waals surface area contributed by atoms with E-state index in [1.54, 1.807) is 12.1 Å². The maximum atomic E-state index is 13.2. The van der Waals surface area contributed by atoms with Crippen molar-refractivity contribution in [3.8, 4) is 0 Å². The number of allylic oxidation sites excluding steroid dienone is 1. The minimum Gasteiger partial charge on any atom is -0.465 e. The molecule has 4 aliphatic carbocycles. The molecular formula is C29H38O5. The number of aliphatic hydroxyl groups is 1. The Hall–Kier alpha value is -2.14. The van der Waals surface area contributed by atoms with Gasteiger partial charge in [0.25, 0.3) is 0 Å². The van der Waals surface area contributed by atoms with E-state index in [9.17, 15) is 14.7 Å². The van der Waals surface area contributed by atoms with Crippen molar-refractivity contribution in [2.75, 3.05) is 6.61 Å². The summed E-state index contributed by atoms with van der Waals surface area (Å²) < 4.78 is 11.9. The summed E-state index contributed by atoms with van der Waals surface area (Å²) in [6, 6.07) is 9.17. The maximum absolute atomic E-state index is 13.2. The molecule has 4 aliphatic rings. The van der Waals surface area contributed by atoms with Crippen molar-refractivity contribution in [1.29, 1.82) is 0 Å². The smallest absolute Gasteiger partial charge is 0.338 e. The Morgan fingerprint density at radius 1 is 1.09 bits per heavy atom. The van der Waals surface area contributed by atoms with Crippen LogP contribution in [-0.2, 0) is 14.3 Å². The summed E-state index contributed by atoms with van der Waals surface area (Å²) in [5.41, 5.74) is -0.0714. The van der Waals surface area contributed by atoms with Crippen molar-refractivity contribution in [2.45, 2.75) is 72.0 Å². The Morgan fingerprint density at radius 3 is 2.53 bits per heavy atom. The molecule has 0 radical (unpaired) electrons. The fraction of sp³-hybridized carbons (Fsp3) is 0.655. The monoisotopic (exact) mass is 466 g/mol. The van der Waals surface area contributed by atoms with E-state index in [2.05, 4.69) is 32.9 Å². The third kappa shape index (κ3) is 3.30. The van der Waals surface area contributed by atoms with Gasteiger partial charge in [-0.05, 0) is 55.1 Å². The second kappa shape index (κ2) is 8.22. The first-order valence-electron chi connectivity index (χ1n) is 12.9. The second-order valence-electron chi connectivity index (χ2n) is 11.9. The average Bonchev–Trinajstić information content (AvgIpc) is 2.91. The number of hydrogen-bond donors (Lipinski definition) is 1. The topological polar surface area (TPSA) is 72.8 Å². The molecule has 5 nitrogen and oxygen atoms in total. The summed E-state index contributed by atoms with van der Waals surface area (Å²) in [4.78, 5) is 24.8. The molecule has 3 fully saturated rings. The van der Waals surface area contributed by atoms with Crippen LogP contribution in [0.15, 0.2) is 42.5 Å². The molecule has 34 heavy (non-hydrogen) atoms. The fourth-order valence-corrected chi connectivity index (χ4v) is 8.72. The van der Waals surface area contributed by atoms with Crippen molar-refractivity contribution in [1.82, 2.24) is 0 Å². The first-order valence-corrected chi connectivity index (χ1v) is 12.9. The molecule has 1 N–H and O–H groups in total. The van der Waals surface area contributed by atoms with Crippen LogP contribution in [0, 0.1) is 39.9 Å². The van der Waals surface area contributed by atoms with Gasteiger partial charge in [0.05, 0.1) is 18.3 Å². The van der Waals surface area contributed by atoms with Gasteiger partial charge in [-0.15, -0.1) is 0 Å². The Morgan fingerprint density at radius 2 is 1.82 bits per heavy atom. The summed E-state index contributed by atoms with van der Waals surface area (Å²) in [5, 5.41) is 11.7. The number of carbonyl (C=O) groups is 2. The molecule has 9 atom stereocenters. The molecule has 0 amide bonds. The quantitative estimate of drug-likeness (QED) is 0.489. The van der Waals surface area contributed by atoms with Gasteiger partial charge < -0.3 is 14.6 Å². The zero-order valence-electron chi connectivity index (χ0n) is 20.8. The van der Waals surface area contributed by atoms with Crippen LogP contribution in [0.3, 0.4) is 0 Å². The lowest BCUT2D eigenvalue weighted by atomic mass is 9.41. The van der Waals surface area contributed by atoms with E-state index in [-0.39, 0.29) is 46.6 Å². The molecule has 5 rings (SSSR count). The highest BCUT2D eigenvalue weighted by molar-refractivity contribution is 5.89. The maximum Gasteiger partial charge on any atom is 0.338 e. The van der Waals surface area contributed by atoms with Crippen molar-refractivity contribution in [3.05, 3.63) is 48.0 Å². The normalized spacial score (nSPS) is 44.6. The molecule has 0 unspecified atom stereocenters. The number of esters is 2.